The Kier molecular flexibility index (Phi) is 3.94. The smallest absolute Gasteiger partial charge is 0.257 e. The fraction of sp³-hybridized carbons (Fsp3) is 0. The number of halogens is 2. The number of pyridine rings is 1. The van der Waals surface area contributed by atoms with E-state index in [0.29, 0.717) is 5.69 Å². The van der Waals surface area contributed by atoms with Gasteiger partial charge in [-0.3, -0.25) is 15.6 Å². The van der Waals surface area contributed by atoms with E-state index < -0.39 is 11.7 Å². The molecule has 0 aliphatic carbocycles. The van der Waals surface area contributed by atoms with E-state index in [1.54, 1.807) is 0 Å². The first-order valence-corrected chi connectivity index (χ1v) is 5.66. The van der Waals surface area contributed by atoms with Gasteiger partial charge in [0.15, 0.2) is 0 Å². The maximum Gasteiger partial charge on any atom is 0.257 e. The molecule has 1 aromatic heterocycles. The number of nitrogens with zero attached hydrogens (tertiary/aromatic N) is 1. The van der Waals surface area contributed by atoms with Crippen LogP contribution in [0.4, 0.5) is 15.8 Å². The average Bonchev–Trinajstić information content (AvgIpc) is 2.37. The lowest BCUT2D eigenvalue weighted by atomic mass is 10.2. The second-order valence-electron chi connectivity index (χ2n) is 3.68. The third-order valence-electron chi connectivity index (χ3n) is 2.34. The Morgan fingerprint density at radius 3 is 2.84 bits per heavy atom. The molecule has 0 saturated carbocycles. The summed E-state index contributed by atoms with van der Waals surface area (Å²) in [6, 6.07) is 5.25. The number of rotatable bonds is 3. The summed E-state index contributed by atoms with van der Waals surface area (Å²) in [5.41, 5.74) is 3.27. The Morgan fingerprint density at radius 1 is 1.37 bits per heavy atom. The van der Waals surface area contributed by atoms with E-state index in [2.05, 4.69) is 15.7 Å². The van der Waals surface area contributed by atoms with Crippen LogP contribution in [-0.2, 0) is 0 Å². The van der Waals surface area contributed by atoms with Crippen molar-refractivity contribution in [1.82, 2.24) is 4.98 Å². The fourth-order valence-corrected chi connectivity index (χ4v) is 1.75. The van der Waals surface area contributed by atoms with E-state index in [9.17, 15) is 9.18 Å². The monoisotopic (exact) mass is 280 g/mol. The number of hydrogen-bond donors (Lipinski definition) is 3. The number of amides is 1. The molecule has 0 fully saturated rings. The van der Waals surface area contributed by atoms with Crippen molar-refractivity contribution < 1.29 is 9.18 Å². The molecule has 0 unspecified atom stereocenters. The van der Waals surface area contributed by atoms with Crippen molar-refractivity contribution in [1.29, 1.82) is 0 Å². The fourth-order valence-electron chi connectivity index (χ4n) is 1.53. The molecule has 4 N–H and O–H groups in total. The van der Waals surface area contributed by atoms with Crippen LogP contribution in [0.2, 0.25) is 5.02 Å². The first-order valence-electron chi connectivity index (χ1n) is 5.28. The lowest BCUT2D eigenvalue weighted by molar-refractivity contribution is 0.102. The van der Waals surface area contributed by atoms with Gasteiger partial charge in [-0.1, -0.05) is 11.6 Å². The van der Waals surface area contributed by atoms with Gasteiger partial charge in [-0.2, -0.15) is 0 Å². The van der Waals surface area contributed by atoms with Gasteiger partial charge in [-0.05, 0) is 24.3 Å². The highest BCUT2D eigenvalue weighted by molar-refractivity contribution is 6.31. The van der Waals surface area contributed by atoms with Crippen LogP contribution in [0.15, 0.2) is 36.7 Å². The number of nitrogen functional groups attached to an aromatic ring is 1. The number of nitrogens with two attached hydrogens (primary N) is 1. The topological polar surface area (TPSA) is 80.0 Å². The molecule has 19 heavy (non-hydrogen) atoms. The zero-order valence-corrected chi connectivity index (χ0v) is 10.4. The van der Waals surface area contributed by atoms with Gasteiger partial charge in [0.25, 0.3) is 5.91 Å². The number of benzene rings is 1. The predicted octanol–water partition coefficient (Wildman–Crippen LogP) is 2.41. The molecule has 0 spiro atoms. The Balaban J connectivity index is 2.25. The van der Waals surface area contributed by atoms with Crippen LogP contribution < -0.4 is 16.6 Å². The molecule has 1 amide bonds. The molecule has 5 nitrogen and oxygen atoms in total. The highest BCUT2D eigenvalue weighted by Crippen LogP contribution is 2.20. The molecule has 0 atom stereocenters. The molecule has 2 aromatic rings. The summed E-state index contributed by atoms with van der Waals surface area (Å²) in [5, 5.41) is 2.72. The number of anilines is 2. The van der Waals surface area contributed by atoms with E-state index in [1.165, 1.54) is 30.6 Å². The van der Waals surface area contributed by atoms with E-state index in [-0.39, 0.29) is 16.3 Å². The number of aromatic nitrogens is 1. The SMILES string of the molecule is NNc1cnccc1C(=O)Nc1cc(F)cc(Cl)c1. The van der Waals surface area contributed by atoms with Crippen molar-refractivity contribution in [3.8, 4) is 0 Å². The van der Waals surface area contributed by atoms with Gasteiger partial charge in [0.2, 0.25) is 0 Å². The average molecular weight is 281 g/mol. The van der Waals surface area contributed by atoms with Crippen molar-refractivity contribution in [2.45, 2.75) is 0 Å². The minimum absolute atomic E-state index is 0.196. The van der Waals surface area contributed by atoms with Crippen molar-refractivity contribution in [2.75, 3.05) is 10.7 Å². The molecule has 0 saturated heterocycles. The van der Waals surface area contributed by atoms with Gasteiger partial charge in [-0.25, -0.2) is 4.39 Å². The summed E-state index contributed by atoms with van der Waals surface area (Å²) in [6.07, 6.45) is 2.86. The summed E-state index contributed by atoms with van der Waals surface area (Å²) in [4.78, 5) is 15.8. The zero-order valence-electron chi connectivity index (χ0n) is 9.65. The van der Waals surface area contributed by atoms with E-state index in [0.717, 1.165) is 6.07 Å². The third-order valence-corrected chi connectivity index (χ3v) is 2.56. The van der Waals surface area contributed by atoms with Crippen molar-refractivity contribution in [3.63, 3.8) is 0 Å². The molecule has 2 rings (SSSR count). The lowest BCUT2D eigenvalue weighted by Gasteiger charge is -2.09. The molecule has 1 aromatic carbocycles. The maximum atomic E-state index is 13.1. The summed E-state index contributed by atoms with van der Waals surface area (Å²) in [5.74, 6) is 4.30. The second kappa shape index (κ2) is 5.64. The van der Waals surface area contributed by atoms with Crippen LogP contribution in [-0.4, -0.2) is 10.9 Å². The highest BCUT2D eigenvalue weighted by Gasteiger charge is 2.11. The second-order valence-corrected chi connectivity index (χ2v) is 4.11. The van der Waals surface area contributed by atoms with Gasteiger partial charge in [-0.15, -0.1) is 0 Å². The molecule has 0 aliphatic rings. The summed E-state index contributed by atoms with van der Waals surface area (Å²) < 4.78 is 13.1. The number of carbonyl (C=O) groups excluding carboxylic acids is 1. The molecular formula is C12H10ClFN4O. The third kappa shape index (κ3) is 3.18. The largest absolute Gasteiger partial charge is 0.322 e. The minimum Gasteiger partial charge on any atom is -0.322 e. The van der Waals surface area contributed by atoms with Crippen LogP contribution in [0.3, 0.4) is 0 Å². The van der Waals surface area contributed by atoms with Gasteiger partial charge < -0.3 is 10.7 Å². The van der Waals surface area contributed by atoms with E-state index >= 15 is 0 Å². The van der Waals surface area contributed by atoms with Crippen LogP contribution in [0.25, 0.3) is 0 Å². The number of nitrogens with one attached hydrogen (secondary N) is 2. The first-order chi connectivity index (χ1) is 9.10. The Hall–Kier alpha value is -2.18. The summed E-state index contributed by atoms with van der Waals surface area (Å²) in [6.45, 7) is 0. The number of hydrazine groups is 1. The Labute approximate surface area is 113 Å². The van der Waals surface area contributed by atoms with E-state index in [4.69, 9.17) is 17.4 Å². The standard InChI is InChI=1S/C12H10ClFN4O/c13-7-3-8(14)5-9(4-7)17-12(19)10-1-2-16-6-11(10)18-15/h1-6,18H,15H2,(H,17,19). The number of carbonyl (C=O) groups is 1. The number of hydrogen-bond acceptors (Lipinski definition) is 4. The van der Waals surface area contributed by atoms with Crippen molar-refractivity contribution in [2.24, 2.45) is 5.84 Å². The lowest BCUT2D eigenvalue weighted by Crippen LogP contribution is -2.17. The first kappa shape index (κ1) is 13.3. The van der Waals surface area contributed by atoms with Crippen LogP contribution in [0.1, 0.15) is 10.4 Å². The quantitative estimate of drug-likeness (QED) is 0.596. The van der Waals surface area contributed by atoms with Gasteiger partial charge in [0.1, 0.15) is 5.82 Å². The summed E-state index contributed by atoms with van der Waals surface area (Å²) in [7, 11) is 0. The molecule has 7 heteroatoms. The van der Waals surface area contributed by atoms with Gasteiger partial charge >= 0.3 is 0 Å². The Morgan fingerprint density at radius 2 is 2.16 bits per heavy atom. The molecule has 98 valence electrons. The normalized spacial score (nSPS) is 10.1. The van der Waals surface area contributed by atoms with Gasteiger partial charge in [0.05, 0.1) is 17.4 Å². The molecule has 0 aliphatic heterocycles. The molecule has 1 heterocycles. The maximum absolute atomic E-state index is 13.1. The van der Waals surface area contributed by atoms with E-state index in [1.807, 2.05) is 0 Å². The van der Waals surface area contributed by atoms with Crippen molar-refractivity contribution in [3.05, 3.63) is 53.1 Å². The van der Waals surface area contributed by atoms with Crippen LogP contribution >= 0.6 is 11.6 Å². The Bertz CT molecular complexity index is 600. The highest BCUT2D eigenvalue weighted by atomic mass is 35.5. The molecule has 0 radical (unpaired) electrons. The summed E-state index contributed by atoms with van der Waals surface area (Å²) >= 11 is 5.70. The molecule has 0 bridgehead atoms. The van der Waals surface area contributed by atoms with Crippen molar-refractivity contribution >= 4 is 28.9 Å². The van der Waals surface area contributed by atoms with Crippen LogP contribution in [0.5, 0.6) is 0 Å². The van der Waals surface area contributed by atoms with Crippen LogP contribution in [0, 0.1) is 5.82 Å². The van der Waals surface area contributed by atoms with Gasteiger partial charge in [0, 0.05) is 16.9 Å². The zero-order chi connectivity index (χ0) is 13.8. The predicted molar refractivity (Wildman–Crippen MR) is 71.4 cm³/mol. The minimum atomic E-state index is -0.533. The molecular weight excluding hydrogens is 271 g/mol.